The topological polar surface area (TPSA) is 66.4 Å². The Morgan fingerprint density at radius 3 is 2.47 bits per heavy atom. The third-order valence-electron chi connectivity index (χ3n) is 2.55. The molecule has 0 spiro atoms. The lowest BCUT2D eigenvalue weighted by Gasteiger charge is -2.10. The van der Waals surface area contributed by atoms with E-state index in [0.717, 1.165) is 12.0 Å². The number of rotatable bonds is 3. The van der Waals surface area contributed by atoms with Gasteiger partial charge in [-0.25, -0.2) is 0 Å². The Morgan fingerprint density at radius 2 is 2.00 bits per heavy atom. The van der Waals surface area contributed by atoms with Gasteiger partial charge >= 0.3 is 5.97 Å². The quantitative estimate of drug-likeness (QED) is 0.692. The summed E-state index contributed by atoms with van der Waals surface area (Å²) in [5, 5.41) is 11.6. The van der Waals surface area contributed by atoms with Gasteiger partial charge < -0.3 is 10.4 Å². The minimum atomic E-state index is -0.756. The Hall–Kier alpha value is -1.32. The molecule has 2 N–H and O–H groups in total. The number of hydrogen-bond acceptors (Lipinski definition) is 2. The fraction of sp³-hybridized carbons (Fsp3) is 0.636. The van der Waals surface area contributed by atoms with Crippen molar-refractivity contribution in [2.45, 2.75) is 39.2 Å². The molecule has 0 aromatic rings. The summed E-state index contributed by atoms with van der Waals surface area (Å²) in [5.41, 5.74) is 0.945. The molecule has 1 fully saturated rings. The number of hydrogen-bond donors (Lipinski definition) is 2. The van der Waals surface area contributed by atoms with E-state index >= 15 is 0 Å². The number of carboxylic acids is 1. The van der Waals surface area contributed by atoms with Gasteiger partial charge in [0.25, 0.3) is 0 Å². The summed E-state index contributed by atoms with van der Waals surface area (Å²) in [7, 11) is 0. The Balaban J connectivity index is 2.39. The van der Waals surface area contributed by atoms with Crippen molar-refractivity contribution in [3.05, 3.63) is 11.6 Å². The summed E-state index contributed by atoms with van der Waals surface area (Å²) in [4.78, 5) is 22.0. The van der Waals surface area contributed by atoms with E-state index in [-0.39, 0.29) is 17.9 Å². The summed E-state index contributed by atoms with van der Waals surface area (Å²) in [5.74, 6) is -1.16. The molecule has 15 heavy (non-hydrogen) atoms. The molecule has 0 aromatic heterocycles. The molecule has 0 heterocycles. The minimum Gasteiger partial charge on any atom is -0.481 e. The highest BCUT2D eigenvalue weighted by molar-refractivity contribution is 5.88. The molecule has 1 amide bonds. The number of carboxylic acid groups (broad SMARTS) is 1. The van der Waals surface area contributed by atoms with Gasteiger partial charge in [0.15, 0.2) is 0 Å². The van der Waals surface area contributed by atoms with E-state index < -0.39 is 5.97 Å². The average Bonchev–Trinajstić information content (AvgIpc) is 2.50. The molecule has 0 aliphatic heterocycles. The highest BCUT2D eigenvalue weighted by Gasteiger charge is 2.30. The van der Waals surface area contributed by atoms with Crippen LogP contribution < -0.4 is 5.32 Å². The predicted molar refractivity (Wildman–Crippen MR) is 56.3 cm³/mol. The Bertz CT molecular complexity index is 292. The normalized spacial score (nSPS) is 24.7. The molecule has 4 heteroatoms. The van der Waals surface area contributed by atoms with Crippen LogP contribution in [0.3, 0.4) is 0 Å². The molecular formula is C11H17NO3. The second-order valence-electron chi connectivity index (χ2n) is 4.28. The van der Waals surface area contributed by atoms with E-state index in [1.807, 2.05) is 13.8 Å². The smallest absolute Gasteiger partial charge is 0.306 e. The minimum absolute atomic E-state index is 0.0224. The standard InChI is InChI=1S/C11H17NO3/c1-7(2)5-10(13)12-9-4-3-8(6-9)11(14)15/h5,8-9H,3-4,6H2,1-2H3,(H,12,13)(H,14,15)/t8-,9+/m0/s1. The summed E-state index contributed by atoms with van der Waals surface area (Å²) < 4.78 is 0. The first-order valence-electron chi connectivity index (χ1n) is 5.17. The monoisotopic (exact) mass is 211 g/mol. The van der Waals surface area contributed by atoms with Gasteiger partial charge in [0, 0.05) is 12.1 Å². The van der Waals surface area contributed by atoms with Gasteiger partial charge in [-0.2, -0.15) is 0 Å². The van der Waals surface area contributed by atoms with Gasteiger partial charge in [-0.05, 0) is 33.1 Å². The first kappa shape index (κ1) is 11.8. The zero-order valence-electron chi connectivity index (χ0n) is 9.12. The van der Waals surface area contributed by atoms with Crippen molar-refractivity contribution in [2.24, 2.45) is 5.92 Å². The average molecular weight is 211 g/mol. The van der Waals surface area contributed by atoms with Crippen molar-refractivity contribution in [3.63, 3.8) is 0 Å². The summed E-state index contributed by atoms with van der Waals surface area (Å²) >= 11 is 0. The van der Waals surface area contributed by atoms with Gasteiger partial charge in [-0.3, -0.25) is 9.59 Å². The van der Waals surface area contributed by atoms with Crippen LogP contribution in [-0.2, 0) is 9.59 Å². The number of carbonyl (C=O) groups is 2. The molecule has 84 valence electrons. The van der Waals surface area contributed by atoms with E-state index in [2.05, 4.69) is 5.32 Å². The first-order chi connectivity index (χ1) is 6.99. The van der Waals surface area contributed by atoms with Crippen LogP contribution in [0.2, 0.25) is 0 Å². The first-order valence-corrected chi connectivity index (χ1v) is 5.17. The Morgan fingerprint density at radius 1 is 1.33 bits per heavy atom. The van der Waals surface area contributed by atoms with Gasteiger partial charge in [0.05, 0.1) is 5.92 Å². The van der Waals surface area contributed by atoms with Crippen molar-refractivity contribution in [1.29, 1.82) is 0 Å². The van der Waals surface area contributed by atoms with Gasteiger partial charge in [-0.15, -0.1) is 0 Å². The van der Waals surface area contributed by atoms with Crippen LogP contribution in [0.5, 0.6) is 0 Å². The molecule has 0 saturated heterocycles. The number of allylic oxidation sites excluding steroid dienone is 1. The molecule has 1 aliphatic carbocycles. The second-order valence-corrected chi connectivity index (χ2v) is 4.28. The summed E-state index contributed by atoms with van der Waals surface area (Å²) in [6.07, 6.45) is 3.51. The molecule has 4 nitrogen and oxygen atoms in total. The van der Waals surface area contributed by atoms with Crippen molar-refractivity contribution < 1.29 is 14.7 Å². The van der Waals surface area contributed by atoms with E-state index in [4.69, 9.17) is 5.11 Å². The van der Waals surface area contributed by atoms with Crippen LogP contribution in [0.25, 0.3) is 0 Å². The largest absolute Gasteiger partial charge is 0.481 e. The summed E-state index contributed by atoms with van der Waals surface area (Å²) in [6, 6.07) is 0.0224. The zero-order chi connectivity index (χ0) is 11.4. The molecule has 0 radical (unpaired) electrons. The van der Waals surface area contributed by atoms with Crippen LogP contribution in [0.4, 0.5) is 0 Å². The van der Waals surface area contributed by atoms with Crippen LogP contribution >= 0.6 is 0 Å². The molecule has 1 saturated carbocycles. The maximum atomic E-state index is 11.4. The molecule has 1 rings (SSSR count). The van der Waals surface area contributed by atoms with Crippen LogP contribution in [0.15, 0.2) is 11.6 Å². The maximum Gasteiger partial charge on any atom is 0.306 e. The SMILES string of the molecule is CC(C)=CC(=O)N[C@@H]1CC[C@H](C(=O)O)C1. The molecule has 2 atom stereocenters. The molecule has 0 unspecified atom stereocenters. The molecule has 0 bridgehead atoms. The Kier molecular flexibility index (Phi) is 3.88. The predicted octanol–water partition coefficient (Wildman–Crippen LogP) is 1.32. The third-order valence-corrected chi connectivity index (χ3v) is 2.55. The van der Waals surface area contributed by atoms with Gasteiger partial charge in [0.1, 0.15) is 0 Å². The van der Waals surface area contributed by atoms with Crippen LogP contribution in [-0.4, -0.2) is 23.0 Å². The molecular weight excluding hydrogens is 194 g/mol. The van der Waals surface area contributed by atoms with E-state index in [1.54, 1.807) is 0 Å². The van der Waals surface area contributed by atoms with E-state index in [9.17, 15) is 9.59 Å². The van der Waals surface area contributed by atoms with Crippen molar-refractivity contribution in [1.82, 2.24) is 5.32 Å². The fourth-order valence-electron chi connectivity index (χ4n) is 1.84. The maximum absolute atomic E-state index is 11.4. The Labute approximate surface area is 89.4 Å². The highest BCUT2D eigenvalue weighted by atomic mass is 16.4. The number of nitrogens with one attached hydrogen (secondary N) is 1. The summed E-state index contributed by atoms with van der Waals surface area (Å²) in [6.45, 7) is 3.71. The van der Waals surface area contributed by atoms with Crippen molar-refractivity contribution >= 4 is 11.9 Å². The molecule has 1 aliphatic rings. The van der Waals surface area contributed by atoms with E-state index in [1.165, 1.54) is 6.08 Å². The van der Waals surface area contributed by atoms with Crippen LogP contribution in [0.1, 0.15) is 33.1 Å². The van der Waals surface area contributed by atoms with Crippen LogP contribution in [0, 0.1) is 5.92 Å². The second kappa shape index (κ2) is 4.96. The molecule has 0 aromatic carbocycles. The number of amides is 1. The van der Waals surface area contributed by atoms with E-state index in [0.29, 0.717) is 12.8 Å². The van der Waals surface area contributed by atoms with Crippen molar-refractivity contribution in [3.8, 4) is 0 Å². The number of carbonyl (C=O) groups excluding carboxylic acids is 1. The number of aliphatic carboxylic acids is 1. The zero-order valence-corrected chi connectivity index (χ0v) is 9.12. The lowest BCUT2D eigenvalue weighted by molar-refractivity contribution is -0.141. The highest BCUT2D eigenvalue weighted by Crippen LogP contribution is 2.25. The lowest BCUT2D eigenvalue weighted by atomic mass is 10.1. The van der Waals surface area contributed by atoms with Gasteiger partial charge in [-0.1, -0.05) is 5.57 Å². The lowest BCUT2D eigenvalue weighted by Crippen LogP contribution is -2.32. The van der Waals surface area contributed by atoms with Gasteiger partial charge in [0.2, 0.25) is 5.91 Å². The van der Waals surface area contributed by atoms with Crippen molar-refractivity contribution in [2.75, 3.05) is 0 Å². The third kappa shape index (κ3) is 3.73. The fourth-order valence-corrected chi connectivity index (χ4v) is 1.84.